The first-order valence-corrected chi connectivity index (χ1v) is 5.41. The van der Waals surface area contributed by atoms with Crippen LogP contribution >= 0.6 is 22.6 Å². The van der Waals surface area contributed by atoms with Crippen molar-refractivity contribution in [2.24, 2.45) is 0 Å². The Kier molecular flexibility index (Phi) is 2.95. The van der Waals surface area contributed by atoms with Crippen molar-refractivity contribution < 1.29 is 4.42 Å². The zero-order valence-electron chi connectivity index (χ0n) is 8.52. The number of halogens is 1. The van der Waals surface area contributed by atoms with Crippen molar-refractivity contribution in [3.05, 3.63) is 18.4 Å². The maximum absolute atomic E-state index is 5.25. The zero-order chi connectivity index (χ0) is 10.1. The van der Waals surface area contributed by atoms with E-state index in [0.717, 1.165) is 5.88 Å². The molecule has 13 heavy (non-hydrogen) atoms. The molecule has 0 bridgehead atoms. The summed E-state index contributed by atoms with van der Waals surface area (Å²) < 4.78 is 5.41. The van der Waals surface area contributed by atoms with Gasteiger partial charge in [-0.3, -0.25) is 0 Å². The lowest BCUT2D eigenvalue weighted by Crippen LogP contribution is -2.46. The SMILES string of the molecule is CC(C)(I)C(C)(C)Nc1ccco1. The molecule has 1 aromatic rings. The lowest BCUT2D eigenvalue weighted by molar-refractivity contribution is 0.447. The number of alkyl halides is 1. The second-order valence-corrected chi connectivity index (χ2v) is 6.90. The molecule has 74 valence electrons. The Balaban J connectivity index is 2.73. The lowest BCUT2D eigenvalue weighted by atomic mass is 9.91. The van der Waals surface area contributed by atoms with Crippen molar-refractivity contribution in [2.75, 3.05) is 5.32 Å². The van der Waals surface area contributed by atoms with Gasteiger partial charge < -0.3 is 9.73 Å². The van der Waals surface area contributed by atoms with E-state index in [9.17, 15) is 0 Å². The van der Waals surface area contributed by atoms with Crippen LogP contribution in [0.25, 0.3) is 0 Å². The van der Waals surface area contributed by atoms with Gasteiger partial charge in [0.25, 0.3) is 0 Å². The van der Waals surface area contributed by atoms with Gasteiger partial charge in [0.05, 0.1) is 6.26 Å². The Bertz CT molecular complexity index is 259. The molecule has 1 aromatic heterocycles. The molecule has 0 aliphatic carbocycles. The molecule has 0 saturated heterocycles. The number of hydrogen-bond donors (Lipinski definition) is 1. The predicted molar refractivity (Wildman–Crippen MR) is 64.5 cm³/mol. The second-order valence-electron chi connectivity index (χ2n) is 4.20. The van der Waals surface area contributed by atoms with Crippen molar-refractivity contribution in [3.8, 4) is 0 Å². The predicted octanol–water partition coefficient (Wildman–Crippen LogP) is 3.68. The van der Waals surface area contributed by atoms with E-state index in [4.69, 9.17) is 4.42 Å². The fourth-order valence-corrected chi connectivity index (χ4v) is 0.941. The molecular weight excluding hydrogens is 277 g/mol. The first-order valence-electron chi connectivity index (χ1n) is 4.33. The average Bonchev–Trinajstić information content (AvgIpc) is 2.35. The molecule has 0 amide bonds. The van der Waals surface area contributed by atoms with Crippen LogP contribution < -0.4 is 5.32 Å². The first kappa shape index (κ1) is 10.9. The van der Waals surface area contributed by atoms with E-state index in [2.05, 4.69) is 55.6 Å². The lowest BCUT2D eigenvalue weighted by Gasteiger charge is -2.37. The van der Waals surface area contributed by atoms with Crippen LogP contribution in [0.4, 0.5) is 5.88 Å². The number of furan rings is 1. The molecule has 0 aromatic carbocycles. The standard InChI is InChI=1S/C10H16INO/c1-9(2,11)10(3,4)12-8-6-5-7-13-8/h5-7,12H,1-4H3. The van der Waals surface area contributed by atoms with E-state index >= 15 is 0 Å². The maximum Gasteiger partial charge on any atom is 0.193 e. The van der Waals surface area contributed by atoms with Crippen molar-refractivity contribution in [3.63, 3.8) is 0 Å². The van der Waals surface area contributed by atoms with E-state index < -0.39 is 0 Å². The van der Waals surface area contributed by atoms with Crippen molar-refractivity contribution >= 4 is 28.5 Å². The Morgan fingerprint density at radius 3 is 2.31 bits per heavy atom. The first-order chi connectivity index (χ1) is 5.83. The normalized spacial score (nSPS) is 13.0. The maximum atomic E-state index is 5.25. The molecule has 1 heterocycles. The van der Waals surface area contributed by atoms with E-state index in [0.29, 0.717) is 0 Å². The van der Waals surface area contributed by atoms with Crippen molar-refractivity contribution in [1.82, 2.24) is 0 Å². The Morgan fingerprint density at radius 1 is 1.31 bits per heavy atom. The topological polar surface area (TPSA) is 25.2 Å². The fourth-order valence-electron chi connectivity index (χ4n) is 0.806. The minimum absolute atomic E-state index is 0.00537. The molecule has 3 heteroatoms. The van der Waals surface area contributed by atoms with Gasteiger partial charge >= 0.3 is 0 Å². The third-order valence-corrected chi connectivity index (χ3v) is 3.79. The van der Waals surface area contributed by atoms with Gasteiger partial charge in [-0.2, -0.15) is 0 Å². The molecule has 1 N–H and O–H groups in total. The molecule has 0 aliphatic heterocycles. The highest BCUT2D eigenvalue weighted by atomic mass is 127. The summed E-state index contributed by atoms with van der Waals surface area (Å²) in [5.41, 5.74) is 0.00537. The summed E-state index contributed by atoms with van der Waals surface area (Å²) in [4.78, 5) is 0. The van der Waals surface area contributed by atoms with E-state index in [1.165, 1.54) is 0 Å². The Labute approximate surface area is 93.2 Å². The summed E-state index contributed by atoms with van der Waals surface area (Å²) in [6, 6.07) is 3.82. The van der Waals surface area contributed by atoms with Crippen molar-refractivity contribution in [1.29, 1.82) is 0 Å². The van der Waals surface area contributed by atoms with E-state index in [-0.39, 0.29) is 8.96 Å². The third-order valence-electron chi connectivity index (χ3n) is 2.44. The van der Waals surface area contributed by atoms with Crippen LogP contribution in [0.5, 0.6) is 0 Å². The molecule has 0 radical (unpaired) electrons. The van der Waals surface area contributed by atoms with Crippen LogP contribution in [-0.2, 0) is 0 Å². The molecule has 0 atom stereocenters. The van der Waals surface area contributed by atoms with Gasteiger partial charge in [0.15, 0.2) is 5.88 Å². The molecule has 1 rings (SSSR count). The summed E-state index contributed by atoms with van der Waals surface area (Å²) in [5.74, 6) is 0.828. The van der Waals surface area contributed by atoms with Crippen LogP contribution in [0.3, 0.4) is 0 Å². The highest BCUT2D eigenvalue weighted by Gasteiger charge is 2.34. The molecule has 0 aliphatic rings. The summed E-state index contributed by atoms with van der Waals surface area (Å²) in [6.07, 6.45) is 1.68. The second kappa shape index (κ2) is 3.52. The summed E-state index contributed by atoms with van der Waals surface area (Å²) in [5, 5.41) is 3.36. The summed E-state index contributed by atoms with van der Waals surface area (Å²) in [7, 11) is 0. The quantitative estimate of drug-likeness (QED) is 0.679. The molecular formula is C10H16INO. The van der Waals surface area contributed by atoms with Crippen LogP contribution in [0, 0.1) is 0 Å². The van der Waals surface area contributed by atoms with Gasteiger partial charge in [-0.1, -0.05) is 22.6 Å². The largest absolute Gasteiger partial charge is 0.449 e. The van der Waals surface area contributed by atoms with Crippen LogP contribution in [0.2, 0.25) is 0 Å². The summed E-state index contributed by atoms with van der Waals surface area (Å²) >= 11 is 2.44. The zero-order valence-corrected chi connectivity index (χ0v) is 10.7. The molecule has 0 unspecified atom stereocenters. The number of rotatable bonds is 3. The fraction of sp³-hybridized carbons (Fsp3) is 0.600. The van der Waals surface area contributed by atoms with Crippen LogP contribution in [0.1, 0.15) is 27.7 Å². The van der Waals surface area contributed by atoms with Crippen molar-refractivity contribution in [2.45, 2.75) is 36.7 Å². The number of hydrogen-bond acceptors (Lipinski definition) is 2. The van der Waals surface area contributed by atoms with Crippen LogP contribution in [-0.4, -0.2) is 8.96 Å². The van der Waals surface area contributed by atoms with Gasteiger partial charge in [-0.25, -0.2) is 0 Å². The van der Waals surface area contributed by atoms with Gasteiger partial charge in [0.1, 0.15) is 0 Å². The van der Waals surface area contributed by atoms with Crippen LogP contribution in [0.15, 0.2) is 22.8 Å². The molecule has 2 nitrogen and oxygen atoms in total. The monoisotopic (exact) mass is 293 g/mol. The van der Waals surface area contributed by atoms with Gasteiger partial charge in [-0.05, 0) is 33.8 Å². The van der Waals surface area contributed by atoms with Gasteiger partial charge in [-0.15, -0.1) is 0 Å². The minimum Gasteiger partial charge on any atom is -0.449 e. The van der Waals surface area contributed by atoms with E-state index in [1.807, 2.05) is 12.1 Å². The average molecular weight is 293 g/mol. The molecule has 0 saturated carbocycles. The summed E-state index contributed by atoms with van der Waals surface area (Å²) in [6.45, 7) is 8.73. The molecule has 0 spiro atoms. The highest BCUT2D eigenvalue weighted by molar-refractivity contribution is 14.1. The highest BCUT2D eigenvalue weighted by Crippen LogP contribution is 2.33. The third kappa shape index (κ3) is 2.62. The Hall–Kier alpha value is -0.190. The molecule has 0 fully saturated rings. The number of anilines is 1. The van der Waals surface area contributed by atoms with Gasteiger partial charge in [0.2, 0.25) is 0 Å². The van der Waals surface area contributed by atoms with Gasteiger partial charge in [0, 0.05) is 15.0 Å². The van der Waals surface area contributed by atoms with E-state index in [1.54, 1.807) is 6.26 Å². The number of nitrogens with one attached hydrogen (secondary N) is 1. The Morgan fingerprint density at radius 2 is 1.92 bits per heavy atom. The smallest absolute Gasteiger partial charge is 0.193 e. The minimum atomic E-state index is 0.00537.